The fourth-order valence-electron chi connectivity index (χ4n) is 3.92. The number of aryl methyl sites for hydroxylation is 1. The number of urea groups is 1. The molecule has 1 aliphatic carbocycles. The summed E-state index contributed by atoms with van der Waals surface area (Å²) in [5.74, 6) is -0.00742. The Bertz CT molecular complexity index is 928. The Balaban J connectivity index is 1.52. The van der Waals surface area contributed by atoms with Crippen LogP contribution in [0.1, 0.15) is 28.8 Å². The van der Waals surface area contributed by atoms with Crippen molar-refractivity contribution in [2.24, 2.45) is 0 Å². The molecule has 0 unspecified atom stereocenters. The maximum absolute atomic E-state index is 13.2. The van der Waals surface area contributed by atoms with Crippen molar-refractivity contribution in [2.45, 2.75) is 31.3 Å². The van der Waals surface area contributed by atoms with Crippen LogP contribution in [-0.4, -0.2) is 36.4 Å². The molecule has 1 aromatic carbocycles. The summed E-state index contributed by atoms with van der Waals surface area (Å²) >= 11 is 1.54. The Morgan fingerprint density at radius 3 is 2.96 bits per heavy atom. The maximum atomic E-state index is 13.2. The molecule has 4 rings (SSSR count). The molecule has 4 amide bonds. The first-order chi connectivity index (χ1) is 13.5. The zero-order valence-electron chi connectivity index (χ0n) is 15.5. The van der Waals surface area contributed by atoms with Gasteiger partial charge in [0.1, 0.15) is 17.8 Å². The van der Waals surface area contributed by atoms with Crippen LogP contribution in [0.15, 0.2) is 35.7 Å². The van der Waals surface area contributed by atoms with E-state index in [4.69, 9.17) is 4.74 Å². The molecule has 7 nitrogen and oxygen atoms in total. The van der Waals surface area contributed by atoms with Gasteiger partial charge in [-0.05, 0) is 54.0 Å². The van der Waals surface area contributed by atoms with E-state index in [1.165, 1.54) is 11.3 Å². The van der Waals surface area contributed by atoms with E-state index in [1.807, 2.05) is 29.6 Å². The number of hydrogen-bond donors (Lipinski definition) is 2. The summed E-state index contributed by atoms with van der Waals surface area (Å²) in [6.07, 6.45) is 2.10. The minimum absolute atomic E-state index is 0.288. The molecule has 146 valence electrons. The molecule has 2 aliphatic rings. The number of methoxy groups -OCH3 is 1. The summed E-state index contributed by atoms with van der Waals surface area (Å²) in [5, 5.41) is 7.54. The third-order valence-corrected chi connectivity index (χ3v) is 6.16. The van der Waals surface area contributed by atoms with Crippen LogP contribution in [-0.2, 0) is 28.1 Å². The number of hydrogen-bond acceptors (Lipinski definition) is 5. The van der Waals surface area contributed by atoms with E-state index in [1.54, 1.807) is 13.2 Å². The predicted octanol–water partition coefficient (Wildman–Crippen LogP) is 2.16. The zero-order chi connectivity index (χ0) is 19.7. The van der Waals surface area contributed by atoms with Gasteiger partial charge < -0.3 is 15.4 Å². The van der Waals surface area contributed by atoms with Crippen molar-refractivity contribution in [3.8, 4) is 5.75 Å². The molecule has 2 heterocycles. The molecule has 28 heavy (non-hydrogen) atoms. The largest absolute Gasteiger partial charge is 0.497 e. The molecule has 0 bridgehead atoms. The lowest BCUT2D eigenvalue weighted by atomic mass is 9.76. The second-order valence-corrected chi connectivity index (χ2v) is 7.99. The van der Waals surface area contributed by atoms with Gasteiger partial charge in [-0.15, -0.1) is 11.3 Å². The number of nitrogens with one attached hydrogen (secondary N) is 2. The number of benzene rings is 1. The van der Waals surface area contributed by atoms with Crippen LogP contribution >= 0.6 is 11.3 Å². The summed E-state index contributed by atoms with van der Waals surface area (Å²) in [4.78, 5) is 40.1. The molecule has 1 aromatic heterocycles. The van der Waals surface area contributed by atoms with Gasteiger partial charge in [0.2, 0.25) is 5.91 Å². The van der Waals surface area contributed by atoms with Crippen molar-refractivity contribution in [3.05, 3.63) is 51.7 Å². The Hall–Kier alpha value is -2.87. The molecular formula is C20H21N3O4S. The third-order valence-electron chi connectivity index (χ3n) is 5.29. The quantitative estimate of drug-likeness (QED) is 0.755. The number of fused-ring (bicyclic) bond motifs is 2. The van der Waals surface area contributed by atoms with Crippen molar-refractivity contribution >= 4 is 29.2 Å². The number of amides is 4. The number of nitrogens with zero attached hydrogens (tertiary/aromatic N) is 1. The summed E-state index contributed by atoms with van der Waals surface area (Å²) in [6, 6.07) is 8.84. The minimum atomic E-state index is -1.09. The van der Waals surface area contributed by atoms with E-state index < -0.39 is 11.6 Å². The Morgan fingerprint density at radius 2 is 2.21 bits per heavy atom. The first kappa shape index (κ1) is 18.5. The molecule has 1 saturated heterocycles. The number of thiophene rings is 1. The van der Waals surface area contributed by atoms with Gasteiger partial charge in [-0.2, -0.15) is 0 Å². The van der Waals surface area contributed by atoms with Crippen LogP contribution in [0.25, 0.3) is 0 Å². The Kier molecular flexibility index (Phi) is 4.80. The average Bonchev–Trinajstić information content (AvgIpc) is 3.30. The second kappa shape index (κ2) is 7.27. The van der Waals surface area contributed by atoms with Crippen molar-refractivity contribution < 1.29 is 19.1 Å². The van der Waals surface area contributed by atoms with Crippen LogP contribution in [0.3, 0.4) is 0 Å². The van der Waals surface area contributed by atoms with Gasteiger partial charge in [-0.25, -0.2) is 4.79 Å². The summed E-state index contributed by atoms with van der Waals surface area (Å²) in [7, 11) is 1.60. The summed E-state index contributed by atoms with van der Waals surface area (Å²) in [6.45, 7) is 0.0944. The van der Waals surface area contributed by atoms with Gasteiger partial charge >= 0.3 is 6.03 Å². The lowest BCUT2D eigenvalue weighted by Crippen LogP contribution is -2.47. The average molecular weight is 399 g/mol. The maximum Gasteiger partial charge on any atom is 0.325 e. The highest BCUT2D eigenvalue weighted by atomic mass is 32.1. The van der Waals surface area contributed by atoms with Crippen molar-refractivity contribution in [2.75, 3.05) is 13.7 Å². The highest BCUT2D eigenvalue weighted by Gasteiger charge is 2.54. The van der Waals surface area contributed by atoms with Crippen molar-refractivity contribution in [1.82, 2.24) is 15.5 Å². The number of imide groups is 1. The highest BCUT2D eigenvalue weighted by molar-refractivity contribution is 7.09. The van der Waals surface area contributed by atoms with Gasteiger partial charge in [0.05, 0.1) is 13.7 Å². The number of ether oxygens (including phenoxy) is 1. The molecular weight excluding hydrogens is 378 g/mol. The van der Waals surface area contributed by atoms with Gasteiger partial charge in [-0.1, -0.05) is 12.1 Å². The third kappa shape index (κ3) is 3.13. The van der Waals surface area contributed by atoms with E-state index >= 15 is 0 Å². The van der Waals surface area contributed by atoms with Gasteiger partial charge in [0.15, 0.2) is 0 Å². The highest BCUT2D eigenvalue weighted by Crippen LogP contribution is 2.41. The fraction of sp³-hybridized carbons (Fsp3) is 0.350. The molecule has 1 fully saturated rings. The molecule has 2 aromatic rings. The first-order valence-corrected chi connectivity index (χ1v) is 10.0. The van der Waals surface area contributed by atoms with Crippen molar-refractivity contribution in [3.63, 3.8) is 0 Å². The standard InChI is InChI=1S/C20H21N3O4S/c1-27-14-6-7-16-13(10-14)4-2-8-20(16)18(25)23(19(26)22-20)12-17(24)21-11-15-5-3-9-28-15/h3,5-7,9-10H,2,4,8,11-12H2,1H3,(H,21,24)(H,22,26)/t20-/m0/s1. The molecule has 8 heteroatoms. The molecule has 0 saturated carbocycles. The van der Waals surface area contributed by atoms with E-state index in [9.17, 15) is 14.4 Å². The van der Waals surface area contributed by atoms with Gasteiger partial charge in [0, 0.05) is 4.88 Å². The van der Waals surface area contributed by atoms with Crippen LogP contribution in [0, 0.1) is 0 Å². The van der Waals surface area contributed by atoms with E-state index in [-0.39, 0.29) is 18.4 Å². The lowest BCUT2D eigenvalue weighted by Gasteiger charge is -2.33. The SMILES string of the molecule is COc1ccc2c(c1)CCC[C@]21NC(=O)N(CC(=O)NCc2cccs2)C1=O. The number of carbonyl (C=O) groups is 3. The fourth-order valence-corrected chi connectivity index (χ4v) is 4.56. The second-order valence-electron chi connectivity index (χ2n) is 6.96. The molecule has 1 spiro atoms. The Labute approximate surface area is 166 Å². The summed E-state index contributed by atoms with van der Waals surface area (Å²) in [5.41, 5.74) is 0.688. The number of carbonyl (C=O) groups excluding carboxylic acids is 3. The van der Waals surface area contributed by atoms with Gasteiger partial charge in [0.25, 0.3) is 5.91 Å². The molecule has 1 atom stereocenters. The van der Waals surface area contributed by atoms with Crippen LogP contribution in [0.4, 0.5) is 4.79 Å². The smallest absolute Gasteiger partial charge is 0.325 e. The first-order valence-electron chi connectivity index (χ1n) is 9.14. The van der Waals surface area contributed by atoms with Crippen LogP contribution in [0.5, 0.6) is 5.75 Å². The topological polar surface area (TPSA) is 87.7 Å². The predicted molar refractivity (Wildman–Crippen MR) is 104 cm³/mol. The van der Waals surface area contributed by atoms with E-state index in [0.29, 0.717) is 13.0 Å². The van der Waals surface area contributed by atoms with Crippen LogP contribution in [0.2, 0.25) is 0 Å². The van der Waals surface area contributed by atoms with Gasteiger partial charge in [-0.3, -0.25) is 14.5 Å². The zero-order valence-corrected chi connectivity index (χ0v) is 16.3. The molecule has 2 N–H and O–H groups in total. The normalized spacial score (nSPS) is 20.8. The minimum Gasteiger partial charge on any atom is -0.497 e. The van der Waals surface area contributed by atoms with Crippen molar-refractivity contribution in [1.29, 1.82) is 0 Å². The monoisotopic (exact) mass is 399 g/mol. The molecule has 0 radical (unpaired) electrons. The van der Waals surface area contributed by atoms with E-state index in [0.717, 1.165) is 39.5 Å². The number of rotatable bonds is 5. The molecule has 1 aliphatic heterocycles. The lowest BCUT2D eigenvalue weighted by molar-refractivity contribution is -0.135. The summed E-state index contributed by atoms with van der Waals surface area (Å²) < 4.78 is 5.28. The Morgan fingerprint density at radius 1 is 1.36 bits per heavy atom. The van der Waals surface area contributed by atoms with E-state index in [2.05, 4.69) is 10.6 Å². The van der Waals surface area contributed by atoms with Crippen LogP contribution < -0.4 is 15.4 Å².